The van der Waals surface area contributed by atoms with Crippen molar-refractivity contribution >= 4 is 29.1 Å². The van der Waals surface area contributed by atoms with E-state index in [0.717, 1.165) is 30.8 Å². The molecule has 0 bridgehead atoms. The maximum Gasteiger partial charge on any atom is 0.257 e. The molecule has 1 aliphatic carbocycles. The number of rotatable bonds is 6. The number of halogens is 2. The van der Waals surface area contributed by atoms with Crippen molar-refractivity contribution in [3.8, 4) is 0 Å². The lowest BCUT2D eigenvalue weighted by molar-refractivity contribution is -0.136. The molecule has 1 unspecified atom stereocenters. The number of amides is 2. The Hall–Kier alpha value is -2.51. The van der Waals surface area contributed by atoms with E-state index in [4.69, 9.17) is 11.6 Å². The van der Waals surface area contributed by atoms with Crippen LogP contribution in [0.1, 0.15) is 53.4 Å². The van der Waals surface area contributed by atoms with Crippen molar-refractivity contribution in [3.63, 3.8) is 0 Å². The first-order valence-electron chi connectivity index (χ1n) is 11.5. The minimum atomic E-state index is -0.518. The molecule has 0 spiro atoms. The summed E-state index contributed by atoms with van der Waals surface area (Å²) in [5, 5.41) is 3.36. The summed E-state index contributed by atoms with van der Waals surface area (Å²) in [4.78, 5) is 33.5. The van der Waals surface area contributed by atoms with Gasteiger partial charge in [-0.15, -0.1) is 0 Å². The van der Waals surface area contributed by atoms with Gasteiger partial charge in [0.05, 0.1) is 11.3 Å². The number of carbonyl (C=O) groups excluding carboxylic acids is 2. The summed E-state index contributed by atoms with van der Waals surface area (Å²) >= 11 is 6.37. The quantitative estimate of drug-likeness (QED) is 0.668. The smallest absolute Gasteiger partial charge is 0.257 e. The lowest BCUT2D eigenvalue weighted by Crippen LogP contribution is -2.53. The fraction of sp³-hybridized carbons (Fsp3) is 0.480. The highest BCUT2D eigenvalue weighted by atomic mass is 35.5. The van der Waals surface area contributed by atoms with Gasteiger partial charge < -0.3 is 10.2 Å². The molecule has 2 amide bonds. The van der Waals surface area contributed by atoms with Crippen LogP contribution < -0.4 is 5.32 Å². The number of hydrogen-bond acceptors (Lipinski definition) is 4. The lowest BCUT2D eigenvalue weighted by atomic mass is 10.0. The van der Waals surface area contributed by atoms with Crippen molar-refractivity contribution in [2.24, 2.45) is 5.92 Å². The maximum absolute atomic E-state index is 13.8. The second-order valence-electron chi connectivity index (χ2n) is 9.30. The van der Waals surface area contributed by atoms with E-state index >= 15 is 0 Å². The van der Waals surface area contributed by atoms with E-state index in [2.05, 4.69) is 22.1 Å². The van der Waals surface area contributed by atoms with Gasteiger partial charge in [0.2, 0.25) is 5.91 Å². The van der Waals surface area contributed by atoms with Gasteiger partial charge in [-0.25, -0.2) is 4.39 Å². The zero-order valence-electron chi connectivity index (χ0n) is 19.3. The van der Waals surface area contributed by atoms with E-state index in [0.29, 0.717) is 29.6 Å². The molecule has 1 saturated carbocycles. The molecule has 2 fully saturated rings. The molecule has 2 heterocycles. The third kappa shape index (κ3) is 5.71. The number of nitrogens with one attached hydrogen (secondary N) is 1. The van der Waals surface area contributed by atoms with E-state index in [1.165, 1.54) is 25.1 Å². The van der Waals surface area contributed by atoms with Gasteiger partial charge in [-0.2, -0.15) is 0 Å². The van der Waals surface area contributed by atoms with Gasteiger partial charge in [-0.3, -0.25) is 19.5 Å². The molecule has 2 aromatic rings. The van der Waals surface area contributed by atoms with Crippen LogP contribution in [0, 0.1) is 25.6 Å². The Morgan fingerprint density at radius 2 is 1.97 bits per heavy atom. The number of pyridine rings is 1. The van der Waals surface area contributed by atoms with E-state index in [9.17, 15) is 14.0 Å². The minimum Gasteiger partial charge on any atom is -0.337 e. The van der Waals surface area contributed by atoms with Gasteiger partial charge in [0.15, 0.2) is 0 Å². The number of piperazine rings is 1. The minimum absolute atomic E-state index is 0.153. The van der Waals surface area contributed by atoms with Crippen molar-refractivity contribution in [3.05, 3.63) is 57.6 Å². The lowest BCUT2D eigenvalue weighted by Gasteiger charge is -2.40. The first kappa shape index (κ1) is 23.6. The fourth-order valence-corrected chi connectivity index (χ4v) is 4.57. The van der Waals surface area contributed by atoms with Crippen LogP contribution in [0.3, 0.4) is 0 Å². The standard InChI is InChI=1S/C25H30ClFN4O2/c1-15-13-30(6-7-31(15)24(32)8-18-4-5-18)14-20-9-21(26)11-23(16(20)2)29-25(33)19-10-22(27)17(3)28-12-19/h9-12,15,18H,4-8,13-14H2,1-3H3,(H,29,33). The molecule has 1 aliphatic heterocycles. The van der Waals surface area contributed by atoms with Crippen LogP contribution >= 0.6 is 11.6 Å². The predicted octanol–water partition coefficient (Wildman–Crippen LogP) is 4.58. The molecule has 1 N–H and O–H groups in total. The summed E-state index contributed by atoms with van der Waals surface area (Å²) in [5.74, 6) is -0.0857. The first-order valence-corrected chi connectivity index (χ1v) is 11.8. The molecule has 1 atom stereocenters. The predicted molar refractivity (Wildman–Crippen MR) is 127 cm³/mol. The Bertz CT molecular complexity index is 1070. The molecule has 8 heteroatoms. The van der Waals surface area contributed by atoms with Crippen molar-refractivity contribution in [2.75, 3.05) is 25.0 Å². The highest BCUT2D eigenvalue weighted by molar-refractivity contribution is 6.31. The molecule has 176 valence electrons. The highest BCUT2D eigenvalue weighted by Crippen LogP contribution is 2.33. The molecule has 4 rings (SSSR count). The van der Waals surface area contributed by atoms with E-state index in [1.807, 2.05) is 17.9 Å². The second-order valence-corrected chi connectivity index (χ2v) is 9.74. The van der Waals surface area contributed by atoms with Crippen LogP contribution in [0.4, 0.5) is 10.1 Å². The normalized spacial score (nSPS) is 18.9. The van der Waals surface area contributed by atoms with Crippen molar-refractivity contribution < 1.29 is 14.0 Å². The molecule has 1 saturated heterocycles. The summed E-state index contributed by atoms with van der Waals surface area (Å²) in [6, 6.07) is 4.96. The molecule has 6 nitrogen and oxygen atoms in total. The second kappa shape index (κ2) is 9.77. The average Bonchev–Trinajstić information content (AvgIpc) is 3.57. The Kier molecular flexibility index (Phi) is 7.00. The Morgan fingerprint density at radius 1 is 1.21 bits per heavy atom. The zero-order chi connectivity index (χ0) is 23.7. The summed E-state index contributed by atoms with van der Waals surface area (Å²) in [6.07, 6.45) is 4.41. The topological polar surface area (TPSA) is 65.5 Å². The van der Waals surface area contributed by atoms with Gasteiger partial charge in [-0.1, -0.05) is 11.6 Å². The summed E-state index contributed by atoms with van der Waals surface area (Å²) in [6.45, 7) is 8.57. The Labute approximate surface area is 199 Å². The summed E-state index contributed by atoms with van der Waals surface area (Å²) in [5.41, 5.74) is 2.91. The van der Waals surface area contributed by atoms with Gasteiger partial charge >= 0.3 is 0 Å². The van der Waals surface area contributed by atoms with Crippen LogP contribution in [-0.2, 0) is 11.3 Å². The van der Waals surface area contributed by atoms with Crippen LogP contribution in [0.5, 0.6) is 0 Å². The number of aryl methyl sites for hydroxylation is 1. The summed E-state index contributed by atoms with van der Waals surface area (Å²) in [7, 11) is 0. The molecular formula is C25H30ClFN4O2. The van der Waals surface area contributed by atoms with E-state index in [1.54, 1.807) is 13.0 Å². The van der Waals surface area contributed by atoms with Crippen LogP contribution in [-0.4, -0.2) is 52.3 Å². The van der Waals surface area contributed by atoms with Gasteiger partial charge in [0.1, 0.15) is 5.82 Å². The molecule has 33 heavy (non-hydrogen) atoms. The van der Waals surface area contributed by atoms with Gasteiger partial charge in [0, 0.05) is 55.5 Å². The van der Waals surface area contributed by atoms with Crippen LogP contribution in [0.2, 0.25) is 5.02 Å². The Balaban J connectivity index is 1.43. The van der Waals surface area contributed by atoms with Crippen molar-refractivity contribution in [1.29, 1.82) is 0 Å². The SMILES string of the molecule is Cc1ncc(C(=O)Nc2cc(Cl)cc(CN3CCN(C(=O)CC4CC4)C(C)C3)c2C)cc1F. The molecule has 0 radical (unpaired) electrons. The average molecular weight is 473 g/mol. The molecule has 1 aromatic heterocycles. The Morgan fingerprint density at radius 3 is 2.64 bits per heavy atom. The number of anilines is 1. The molecule has 2 aliphatic rings. The third-order valence-electron chi connectivity index (χ3n) is 6.60. The fourth-order valence-electron chi connectivity index (χ4n) is 4.33. The van der Waals surface area contributed by atoms with Gasteiger partial charge in [-0.05, 0) is 68.9 Å². The van der Waals surface area contributed by atoms with Crippen molar-refractivity contribution in [1.82, 2.24) is 14.8 Å². The van der Waals surface area contributed by atoms with E-state index in [-0.39, 0.29) is 23.2 Å². The number of carbonyl (C=O) groups is 2. The molecule has 1 aromatic carbocycles. The number of benzene rings is 1. The van der Waals surface area contributed by atoms with Crippen LogP contribution in [0.25, 0.3) is 0 Å². The first-order chi connectivity index (χ1) is 15.7. The van der Waals surface area contributed by atoms with Crippen molar-refractivity contribution in [2.45, 2.75) is 52.6 Å². The number of hydrogen-bond donors (Lipinski definition) is 1. The summed E-state index contributed by atoms with van der Waals surface area (Å²) < 4.78 is 13.8. The number of aromatic nitrogens is 1. The van der Waals surface area contributed by atoms with Gasteiger partial charge in [0.25, 0.3) is 5.91 Å². The highest BCUT2D eigenvalue weighted by Gasteiger charge is 2.32. The van der Waals surface area contributed by atoms with E-state index < -0.39 is 11.7 Å². The monoisotopic (exact) mass is 472 g/mol. The largest absolute Gasteiger partial charge is 0.337 e. The van der Waals surface area contributed by atoms with Crippen LogP contribution in [0.15, 0.2) is 24.4 Å². The third-order valence-corrected chi connectivity index (χ3v) is 6.82. The molecular weight excluding hydrogens is 443 g/mol. The number of nitrogens with zero attached hydrogens (tertiary/aromatic N) is 3. The maximum atomic E-state index is 13.8. The zero-order valence-corrected chi connectivity index (χ0v) is 20.1.